The molecule has 1 N–H and O–H groups in total. The summed E-state index contributed by atoms with van der Waals surface area (Å²) >= 11 is 6.53. The van der Waals surface area contributed by atoms with Crippen LogP contribution in [0.1, 0.15) is 86.8 Å². The predicted octanol–water partition coefficient (Wildman–Crippen LogP) is 7.12. The number of nitrogens with one attached hydrogen (secondary N) is 1. The number of amides is 1. The molecule has 5 heterocycles. The number of halogens is 1. The molecule has 8 rings (SSSR count). The highest BCUT2D eigenvalue weighted by Gasteiger charge is 2.50. The standard InChI is InChI=1S/C42H58ClN5O3S/c1-29-9-7-19-42(50-3,27-46-21-22-47-20-6-5-11-34(47)25-46)36-14-12-32(36)24-48-26-41(18-8-10-31-23-33(43)13-15-35(31)41)28-51-38-17-16-37(44-39(38)48)40(49)45-52(4)30(29)2/h7,13,15-17,19,23,29-30,32,34,36H,4-6,8-12,14,18,20-22,24-28H2,1-3H3,(H,45,49)/b19-7+/t29?,30?,32?,34?,36?,41-,42-,52?/m0/s1. The van der Waals surface area contributed by atoms with Crippen LogP contribution in [0.4, 0.5) is 5.82 Å². The van der Waals surface area contributed by atoms with Crippen molar-refractivity contribution in [3.8, 4) is 5.75 Å². The van der Waals surface area contributed by atoms with E-state index in [9.17, 15) is 4.79 Å². The Bertz CT molecular complexity index is 1710. The summed E-state index contributed by atoms with van der Waals surface area (Å²) in [6, 6.07) is 10.9. The largest absolute Gasteiger partial charge is 0.489 e. The predicted molar refractivity (Wildman–Crippen MR) is 214 cm³/mol. The van der Waals surface area contributed by atoms with Gasteiger partial charge in [-0.1, -0.05) is 66.6 Å². The van der Waals surface area contributed by atoms with E-state index >= 15 is 0 Å². The number of pyridine rings is 1. The number of aromatic nitrogens is 1. The van der Waals surface area contributed by atoms with Crippen LogP contribution in [0.15, 0.2) is 42.5 Å². The van der Waals surface area contributed by atoms with E-state index in [0.717, 1.165) is 94.4 Å². The van der Waals surface area contributed by atoms with Crippen molar-refractivity contribution < 1.29 is 14.3 Å². The van der Waals surface area contributed by atoms with Crippen molar-refractivity contribution in [2.24, 2.45) is 17.8 Å². The molecule has 2 aromatic rings. The van der Waals surface area contributed by atoms with Gasteiger partial charge in [0.1, 0.15) is 11.3 Å². The molecule has 3 fully saturated rings. The number of ether oxygens (including phenoxy) is 2. The zero-order valence-corrected chi connectivity index (χ0v) is 33.0. The normalized spacial score (nSPS) is 36.3. The second kappa shape index (κ2) is 15.0. The highest BCUT2D eigenvalue weighted by molar-refractivity contribution is 8.13. The molecule has 8 atom stereocenters. The molecule has 6 aliphatic rings. The first-order valence-corrected chi connectivity index (χ1v) is 21.7. The number of piperidine rings is 1. The van der Waals surface area contributed by atoms with Crippen molar-refractivity contribution in [3.05, 3.63) is 64.3 Å². The quantitative estimate of drug-likeness (QED) is 0.265. The number of nitrogens with zero attached hydrogens (tertiary/aromatic N) is 4. The van der Waals surface area contributed by atoms with Crippen LogP contribution >= 0.6 is 22.3 Å². The Labute approximate surface area is 318 Å². The van der Waals surface area contributed by atoms with Gasteiger partial charge in [0.25, 0.3) is 5.91 Å². The van der Waals surface area contributed by atoms with Gasteiger partial charge < -0.3 is 19.1 Å². The number of anilines is 1. The van der Waals surface area contributed by atoms with Crippen LogP contribution in [0, 0.1) is 17.8 Å². The number of benzene rings is 1. The van der Waals surface area contributed by atoms with Crippen LogP contribution in [0.25, 0.3) is 0 Å². The third-order valence-corrected chi connectivity index (χ3v) is 15.8. The van der Waals surface area contributed by atoms with E-state index in [1.54, 1.807) is 0 Å². The maximum absolute atomic E-state index is 13.7. The van der Waals surface area contributed by atoms with E-state index in [4.69, 9.17) is 26.1 Å². The van der Waals surface area contributed by atoms with Gasteiger partial charge in [-0.25, -0.2) is 4.98 Å². The Morgan fingerprint density at radius 3 is 2.81 bits per heavy atom. The molecule has 1 aromatic carbocycles. The molecule has 2 saturated heterocycles. The number of carbonyl (C=O) groups is 1. The van der Waals surface area contributed by atoms with Crippen LogP contribution in [0.5, 0.6) is 5.75 Å². The lowest BCUT2D eigenvalue weighted by molar-refractivity contribution is -0.100. The van der Waals surface area contributed by atoms with E-state index in [1.165, 1.54) is 36.9 Å². The number of hydrogen-bond donors (Lipinski definition) is 1. The number of aryl methyl sites for hydroxylation is 1. The first-order chi connectivity index (χ1) is 25.2. The van der Waals surface area contributed by atoms with Crippen LogP contribution in [-0.4, -0.2) is 103 Å². The highest BCUT2D eigenvalue weighted by Crippen LogP contribution is 2.49. The lowest BCUT2D eigenvalue weighted by Gasteiger charge is -2.53. The number of methoxy groups -OCH3 is 1. The van der Waals surface area contributed by atoms with Crippen molar-refractivity contribution in [1.29, 1.82) is 0 Å². The van der Waals surface area contributed by atoms with Gasteiger partial charge in [0.05, 0.1) is 6.61 Å². The maximum Gasteiger partial charge on any atom is 0.279 e. The molecule has 6 unspecified atom stereocenters. The molecule has 8 nitrogen and oxygen atoms in total. The maximum atomic E-state index is 13.7. The first-order valence-electron chi connectivity index (χ1n) is 19.9. The fourth-order valence-electron chi connectivity index (χ4n) is 10.3. The van der Waals surface area contributed by atoms with E-state index in [-0.39, 0.29) is 22.2 Å². The van der Waals surface area contributed by atoms with Gasteiger partial charge in [0.2, 0.25) is 0 Å². The Morgan fingerprint density at radius 1 is 1.10 bits per heavy atom. The van der Waals surface area contributed by atoms with Crippen molar-refractivity contribution in [2.45, 2.75) is 93.9 Å². The van der Waals surface area contributed by atoms with Crippen molar-refractivity contribution >= 4 is 39.9 Å². The summed E-state index contributed by atoms with van der Waals surface area (Å²) in [4.78, 5) is 26.8. The van der Waals surface area contributed by atoms with Crippen molar-refractivity contribution in [1.82, 2.24) is 19.5 Å². The smallest absolute Gasteiger partial charge is 0.279 e. The van der Waals surface area contributed by atoms with Gasteiger partial charge in [0, 0.05) is 68.1 Å². The van der Waals surface area contributed by atoms with E-state index < -0.39 is 10.7 Å². The lowest BCUT2D eigenvalue weighted by atomic mass is 9.63. The minimum Gasteiger partial charge on any atom is -0.489 e. The second-order valence-corrected chi connectivity index (χ2v) is 19.1. The Hall–Kier alpha value is -2.43. The van der Waals surface area contributed by atoms with Gasteiger partial charge in [-0.3, -0.25) is 14.6 Å². The van der Waals surface area contributed by atoms with Gasteiger partial charge in [-0.05, 0) is 111 Å². The fraction of sp³-hybridized carbons (Fsp3) is 0.643. The molecular formula is C42H58ClN5O3S. The van der Waals surface area contributed by atoms with Crippen molar-refractivity contribution in [3.63, 3.8) is 0 Å². The lowest BCUT2D eigenvalue weighted by Crippen LogP contribution is -2.61. The minimum absolute atomic E-state index is 0.169. The average molecular weight is 748 g/mol. The van der Waals surface area contributed by atoms with Crippen LogP contribution < -0.4 is 14.4 Å². The zero-order valence-electron chi connectivity index (χ0n) is 31.5. The molecule has 10 heteroatoms. The van der Waals surface area contributed by atoms with Crippen LogP contribution in [-0.2, 0) is 16.6 Å². The minimum atomic E-state index is -0.574. The molecule has 282 valence electrons. The molecule has 2 bridgehead atoms. The Kier molecular flexibility index (Phi) is 10.5. The third-order valence-electron chi connectivity index (χ3n) is 13.8. The van der Waals surface area contributed by atoms with Gasteiger partial charge >= 0.3 is 0 Å². The summed E-state index contributed by atoms with van der Waals surface area (Å²) in [7, 11) is 1.38. The summed E-state index contributed by atoms with van der Waals surface area (Å²) in [5.74, 6) is 6.92. The second-order valence-electron chi connectivity index (χ2n) is 16.8. The van der Waals surface area contributed by atoms with Crippen molar-refractivity contribution in [2.75, 3.05) is 64.4 Å². The van der Waals surface area contributed by atoms with Gasteiger partial charge in [0.15, 0.2) is 11.6 Å². The summed E-state index contributed by atoms with van der Waals surface area (Å²) in [5, 5.41) is 0.991. The highest BCUT2D eigenvalue weighted by atomic mass is 35.5. The third kappa shape index (κ3) is 6.98. The monoisotopic (exact) mass is 747 g/mol. The number of piperazine rings is 1. The molecule has 52 heavy (non-hydrogen) atoms. The summed E-state index contributed by atoms with van der Waals surface area (Å²) in [6.45, 7) is 12.2. The average Bonchev–Trinajstić information content (AvgIpc) is 3.29. The van der Waals surface area contributed by atoms with E-state index in [0.29, 0.717) is 36.1 Å². The Balaban J connectivity index is 1.17. The van der Waals surface area contributed by atoms with Gasteiger partial charge in [-0.15, -0.1) is 0 Å². The zero-order chi connectivity index (χ0) is 36.0. The molecule has 0 radical (unpaired) electrons. The van der Waals surface area contributed by atoms with Crippen LogP contribution in [0.2, 0.25) is 5.02 Å². The molecule has 1 spiro atoms. The SMILES string of the molecule is C=S1NC(=O)c2ccc3c(n2)N(CC2CCC2[C@](CN2CCN4CCCCC4C2)(OC)/C=C/CC(C)C1C)C[C@@]1(CCCc2cc(Cl)ccc21)CO3. The summed E-state index contributed by atoms with van der Waals surface area (Å²) in [5.41, 5.74) is 2.50. The molecule has 1 saturated carbocycles. The topological polar surface area (TPSA) is 70.2 Å². The number of fused-ring (bicyclic) bond motifs is 5. The van der Waals surface area contributed by atoms with E-state index in [1.807, 2.05) is 25.3 Å². The van der Waals surface area contributed by atoms with E-state index in [2.05, 4.69) is 63.4 Å². The Morgan fingerprint density at radius 2 is 1.98 bits per heavy atom. The number of allylic oxidation sites excluding steroid dienone is 1. The van der Waals surface area contributed by atoms with Crippen LogP contribution in [0.3, 0.4) is 0 Å². The number of hydrogen-bond acceptors (Lipinski definition) is 7. The molecule has 1 aromatic heterocycles. The molecule has 2 aliphatic carbocycles. The summed E-state index contributed by atoms with van der Waals surface area (Å²) < 4.78 is 16.8. The fourth-order valence-corrected chi connectivity index (χ4v) is 11.7. The number of carbonyl (C=O) groups excluding carboxylic acids is 1. The first kappa shape index (κ1) is 36.5. The molecular weight excluding hydrogens is 690 g/mol. The van der Waals surface area contributed by atoms with Gasteiger partial charge in [-0.2, -0.15) is 0 Å². The molecule has 1 amide bonds. The molecule has 4 aliphatic heterocycles. The number of rotatable bonds is 3. The summed E-state index contributed by atoms with van der Waals surface area (Å²) in [6.07, 6.45) is 15.2.